The lowest BCUT2D eigenvalue weighted by Gasteiger charge is -2.19. The average Bonchev–Trinajstić information content (AvgIpc) is 2.92. The number of guanidine groups is 1. The van der Waals surface area contributed by atoms with E-state index < -0.39 is 0 Å². The number of nitrogens with zero attached hydrogens (tertiary/aromatic N) is 2. The van der Waals surface area contributed by atoms with Crippen molar-refractivity contribution in [2.75, 3.05) is 14.2 Å². The van der Waals surface area contributed by atoms with Gasteiger partial charge in [0.15, 0.2) is 5.96 Å². The van der Waals surface area contributed by atoms with Crippen molar-refractivity contribution < 1.29 is 4.74 Å². The van der Waals surface area contributed by atoms with Gasteiger partial charge in [-0.2, -0.15) is 0 Å². The van der Waals surface area contributed by atoms with Crippen LogP contribution in [-0.2, 0) is 6.54 Å². The van der Waals surface area contributed by atoms with E-state index >= 15 is 0 Å². The van der Waals surface area contributed by atoms with Gasteiger partial charge >= 0.3 is 0 Å². The van der Waals surface area contributed by atoms with E-state index in [0.29, 0.717) is 12.0 Å². The Hall–Kier alpha value is -1.71. The van der Waals surface area contributed by atoms with Gasteiger partial charge in [-0.15, -0.1) is 0 Å². The van der Waals surface area contributed by atoms with E-state index in [0.717, 1.165) is 12.3 Å². The van der Waals surface area contributed by atoms with Crippen molar-refractivity contribution in [2.24, 2.45) is 10.7 Å². The third-order valence-electron chi connectivity index (χ3n) is 3.61. The Labute approximate surface area is 115 Å². The molecule has 1 aliphatic rings. The lowest BCUT2D eigenvalue weighted by Crippen LogP contribution is -2.34. The lowest BCUT2D eigenvalue weighted by molar-refractivity contribution is 0.414. The fourth-order valence-corrected chi connectivity index (χ4v) is 2.40. The predicted octanol–water partition coefficient (Wildman–Crippen LogP) is 2.38. The van der Waals surface area contributed by atoms with Crippen LogP contribution in [-0.4, -0.2) is 31.1 Å². The summed E-state index contributed by atoms with van der Waals surface area (Å²) in [6, 6.07) is 8.47. The highest BCUT2D eigenvalue weighted by Gasteiger charge is 2.15. The minimum atomic E-state index is 0.429. The van der Waals surface area contributed by atoms with Gasteiger partial charge in [0.05, 0.1) is 13.2 Å². The number of nitrogens with two attached hydrogens (primary N) is 1. The number of aliphatic imine (C=N–C) groups is 1. The van der Waals surface area contributed by atoms with E-state index in [1.165, 1.54) is 31.2 Å². The van der Waals surface area contributed by atoms with Gasteiger partial charge < -0.3 is 15.4 Å². The molecule has 0 radical (unpaired) electrons. The van der Waals surface area contributed by atoms with Crippen LogP contribution in [0, 0.1) is 0 Å². The minimum absolute atomic E-state index is 0.429. The molecule has 104 valence electrons. The van der Waals surface area contributed by atoms with Gasteiger partial charge in [0, 0.05) is 13.6 Å². The van der Waals surface area contributed by atoms with Crippen molar-refractivity contribution in [3.63, 3.8) is 0 Å². The third-order valence-corrected chi connectivity index (χ3v) is 3.61. The molecule has 0 spiro atoms. The second kappa shape index (κ2) is 6.45. The Morgan fingerprint density at radius 2 is 1.95 bits per heavy atom. The molecule has 1 aromatic rings. The molecule has 4 nitrogen and oxygen atoms in total. The van der Waals surface area contributed by atoms with E-state index in [-0.39, 0.29) is 0 Å². The zero-order valence-corrected chi connectivity index (χ0v) is 11.8. The maximum absolute atomic E-state index is 6.05. The molecule has 0 bridgehead atoms. The van der Waals surface area contributed by atoms with Gasteiger partial charge in [-0.1, -0.05) is 25.0 Å². The van der Waals surface area contributed by atoms with E-state index in [9.17, 15) is 0 Å². The summed E-state index contributed by atoms with van der Waals surface area (Å²) in [5.41, 5.74) is 7.25. The SMILES string of the molecule is COc1ccc(CN(C)C(N)=NC2CCCC2)cc1. The molecule has 2 rings (SSSR count). The van der Waals surface area contributed by atoms with Gasteiger partial charge in [0.25, 0.3) is 0 Å². The molecule has 0 heterocycles. The summed E-state index contributed by atoms with van der Waals surface area (Å²) in [5, 5.41) is 0. The van der Waals surface area contributed by atoms with E-state index in [1.807, 2.05) is 24.1 Å². The standard InChI is InChI=1S/C15H23N3O/c1-18(15(16)17-13-5-3-4-6-13)11-12-7-9-14(19-2)10-8-12/h7-10,13H,3-6,11H2,1-2H3,(H2,16,17). The topological polar surface area (TPSA) is 50.9 Å². The molecule has 1 fully saturated rings. The number of benzene rings is 1. The molecular weight excluding hydrogens is 238 g/mol. The quantitative estimate of drug-likeness (QED) is 0.669. The second-order valence-electron chi connectivity index (χ2n) is 5.13. The number of methoxy groups -OCH3 is 1. The Bertz CT molecular complexity index is 422. The van der Waals surface area contributed by atoms with Crippen LogP contribution in [0.4, 0.5) is 0 Å². The molecule has 1 aromatic carbocycles. The van der Waals surface area contributed by atoms with Crippen LogP contribution in [0.15, 0.2) is 29.3 Å². The van der Waals surface area contributed by atoms with Crippen LogP contribution < -0.4 is 10.5 Å². The van der Waals surface area contributed by atoms with Crippen LogP contribution >= 0.6 is 0 Å². The molecule has 0 aliphatic heterocycles. The molecule has 0 unspecified atom stereocenters. The monoisotopic (exact) mass is 261 g/mol. The highest BCUT2D eigenvalue weighted by molar-refractivity contribution is 5.78. The summed E-state index contributed by atoms with van der Waals surface area (Å²) in [6.07, 6.45) is 4.92. The molecule has 1 aliphatic carbocycles. The largest absolute Gasteiger partial charge is 0.497 e. The molecule has 19 heavy (non-hydrogen) atoms. The third kappa shape index (κ3) is 3.88. The summed E-state index contributed by atoms with van der Waals surface area (Å²) >= 11 is 0. The highest BCUT2D eigenvalue weighted by atomic mass is 16.5. The first-order chi connectivity index (χ1) is 9.19. The Balaban J connectivity index is 1.93. The molecule has 0 amide bonds. The van der Waals surface area contributed by atoms with E-state index in [2.05, 4.69) is 17.1 Å². The van der Waals surface area contributed by atoms with Crippen molar-refractivity contribution in [1.82, 2.24) is 4.90 Å². The molecule has 0 aromatic heterocycles. The van der Waals surface area contributed by atoms with Crippen LogP contribution in [0.1, 0.15) is 31.2 Å². The Kier molecular flexibility index (Phi) is 4.66. The molecule has 2 N–H and O–H groups in total. The van der Waals surface area contributed by atoms with Crippen LogP contribution in [0.5, 0.6) is 5.75 Å². The maximum atomic E-state index is 6.05. The van der Waals surface area contributed by atoms with Gasteiger partial charge in [0.2, 0.25) is 0 Å². The fraction of sp³-hybridized carbons (Fsp3) is 0.533. The van der Waals surface area contributed by atoms with E-state index in [4.69, 9.17) is 10.5 Å². The van der Waals surface area contributed by atoms with Crippen molar-refractivity contribution in [3.05, 3.63) is 29.8 Å². The normalized spacial score (nSPS) is 16.6. The smallest absolute Gasteiger partial charge is 0.191 e. The molecular formula is C15H23N3O. The summed E-state index contributed by atoms with van der Waals surface area (Å²) in [6.45, 7) is 0.770. The zero-order chi connectivity index (χ0) is 13.7. The van der Waals surface area contributed by atoms with Crippen molar-refractivity contribution in [1.29, 1.82) is 0 Å². The summed E-state index contributed by atoms with van der Waals surface area (Å²) in [5.74, 6) is 1.52. The lowest BCUT2D eigenvalue weighted by atomic mass is 10.2. The van der Waals surface area contributed by atoms with Crippen LogP contribution in [0.3, 0.4) is 0 Å². The summed E-state index contributed by atoms with van der Waals surface area (Å²) in [7, 11) is 3.66. The number of hydrogen-bond donors (Lipinski definition) is 1. The van der Waals surface area contributed by atoms with Crippen LogP contribution in [0.25, 0.3) is 0 Å². The first-order valence-electron chi connectivity index (χ1n) is 6.86. The van der Waals surface area contributed by atoms with Gasteiger partial charge in [-0.25, -0.2) is 4.99 Å². The van der Waals surface area contributed by atoms with Crippen molar-refractivity contribution >= 4 is 5.96 Å². The van der Waals surface area contributed by atoms with Crippen molar-refractivity contribution in [3.8, 4) is 5.75 Å². The van der Waals surface area contributed by atoms with E-state index in [1.54, 1.807) is 7.11 Å². The van der Waals surface area contributed by atoms with Crippen molar-refractivity contribution in [2.45, 2.75) is 38.3 Å². The average molecular weight is 261 g/mol. The Morgan fingerprint density at radius 3 is 2.53 bits per heavy atom. The molecule has 0 atom stereocenters. The number of hydrogen-bond acceptors (Lipinski definition) is 2. The molecule has 4 heteroatoms. The number of rotatable bonds is 4. The van der Waals surface area contributed by atoms with Gasteiger partial charge in [-0.3, -0.25) is 0 Å². The second-order valence-corrected chi connectivity index (χ2v) is 5.13. The number of ether oxygens (including phenoxy) is 1. The fourth-order valence-electron chi connectivity index (χ4n) is 2.40. The first kappa shape index (κ1) is 13.7. The zero-order valence-electron chi connectivity index (χ0n) is 11.8. The predicted molar refractivity (Wildman–Crippen MR) is 78.3 cm³/mol. The highest BCUT2D eigenvalue weighted by Crippen LogP contribution is 2.21. The van der Waals surface area contributed by atoms with Gasteiger partial charge in [0.1, 0.15) is 5.75 Å². The van der Waals surface area contributed by atoms with Gasteiger partial charge in [-0.05, 0) is 30.5 Å². The minimum Gasteiger partial charge on any atom is -0.497 e. The van der Waals surface area contributed by atoms with Crippen LogP contribution in [0.2, 0.25) is 0 Å². The summed E-state index contributed by atoms with van der Waals surface area (Å²) < 4.78 is 5.15. The first-order valence-corrected chi connectivity index (χ1v) is 6.86. The Morgan fingerprint density at radius 1 is 1.32 bits per heavy atom. The molecule has 0 saturated heterocycles. The molecule has 1 saturated carbocycles. The maximum Gasteiger partial charge on any atom is 0.191 e. The summed E-state index contributed by atoms with van der Waals surface area (Å²) in [4.78, 5) is 6.60.